The van der Waals surface area contributed by atoms with E-state index in [9.17, 15) is 4.79 Å². The van der Waals surface area contributed by atoms with Gasteiger partial charge in [0, 0.05) is 35.6 Å². The van der Waals surface area contributed by atoms with E-state index >= 15 is 0 Å². The zero-order valence-electron chi connectivity index (χ0n) is 17.1. The van der Waals surface area contributed by atoms with E-state index < -0.39 is 0 Å². The summed E-state index contributed by atoms with van der Waals surface area (Å²) in [5, 5.41) is 11.2. The fourth-order valence-corrected chi connectivity index (χ4v) is 4.11. The van der Waals surface area contributed by atoms with E-state index in [1.807, 2.05) is 60.8 Å². The van der Waals surface area contributed by atoms with Crippen molar-refractivity contribution in [2.75, 3.05) is 0 Å². The smallest absolute Gasteiger partial charge is 0.256 e. The summed E-state index contributed by atoms with van der Waals surface area (Å²) in [4.78, 5) is 20.4. The minimum absolute atomic E-state index is 0.131. The predicted molar refractivity (Wildman–Crippen MR) is 121 cm³/mol. The van der Waals surface area contributed by atoms with Gasteiger partial charge in [-0.2, -0.15) is 5.10 Å². The van der Waals surface area contributed by atoms with Crippen LogP contribution < -0.4 is 10.1 Å². The molecule has 7 nitrogen and oxygen atoms in total. The molecule has 3 N–H and O–H groups in total. The van der Waals surface area contributed by atoms with E-state index in [2.05, 4.69) is 37.6 Å². The molecule has 3 aromatic carbocycles. The van der Waals surface area contributed by atoms with Gasteiger partial charge >= 0.3 is 0 Å². The van der Waals surface area contributed by atoms with Gasteiger partial charge in [-0.3, -0.25) is 9.89 Å². The second-order valence-corrected chi connectivity index (χ2v) is 7.76. The first-order valence-corrected chi connectivity index (χ1v) is 10.4. The Bertz CT molecular complexity index is 1450. The molecule has 0 saturated heterocycles. The summed E-state index contributed by atoms with van der Waals surface area (Å²) in [5.41, 5.74) is 4.54. The number of hydrogen-bond donors (Lipinski definition) is 3. The summed E-state index contributed by atoms with van der Waals surface area (Å²) >= 11 is 0. The van der Waals surface area contributed by atoms with Crippen molar-refractivity contribution in [3.05, 3.63) is 95.4 Å². The highest BCUT2D eigenvalue weighted by molar-refractivity contribution is 6.11. The zero-order valence-corrected chi connectivity index (χ0v) is 17.1. The quantitative estimate of drug-likeness (QED) is 0.387. The average Bonchev–Trinajstić information content (AvgIpc) is 3.46. The van der Waals surface area contributed by atoms with Crippen molar-refractivity contribution in [2.24, 2.45) is 0 Å². The minimum Gasteiger partial charge on any atom is -0.456 e. The van der Waals surface area contributed by atoms with Crippen molar-refractivity contribution in [1.29, 1.82) is 0 Å². The number of aromatic nitrogens is 4. The Balaban J connectivity index is 1.30. The van der Waals surface area contributed by atoms with E-state index in [0.29, 0.717) is 35.9 Å². The molecular weight excluding hydrogens is 402 g/mol. The third-order valence-electron chi connectivity index (χ3n) is 5.62. The first-order valence-electron chi connectivity index (χ1n) is 10.4. The van der Waals surface area contributed by atoms with Gasteiger partial charge in [0.2, 0.25) is 0 Å². The fourth-order valence-electron chi connectivity index (χ4n) is 4.11. The molecule has 7 heteroatoms. The van der Waals surface area contributed by atoms with Crippen LogP contribution in [0.3, 0.4) is 0 Å². The summed E-state index contributed by atoms with van der Waals surface area (Å²) in [6, 6.07) is 21.5. The van der Waals surface area contributed by atoms with Gasteiger partial charge in [0.1, 0.15) is 17.3 Å². The molecule has 0 fully saturated rings. The van der Waals surface area contributed by atoms with Crippen molar-refractivity contribution in [1.82, 2.24) is 25.5 Å². The Morgan fingerprint density at radius 3 is 2.81 bits per heavy atom. The van der Waals surface area contributed by atoms with Gasteiger partial charge in [-0.25, -0.2) is 4.98 Å². The summed E-state index contributed by atoms with van der Waals surface area (Å²) < 4.78 is 6.16. The Hall–Kier alpha value is -4.39. The molecule has 0 atom stereocenters. The SMILES string of the molecule is O=C1NCc2c[nH]c3ccc(Oc4cccc(-c5n[nH]c(Cc6ccccc6)n5)c4)c1c23. The topological polar surface area (TPSA) is 95.7 Å². The molecule has 1 aliphatic heterocycles. The minimum atomic E-state index is -0.131. The van der Waals surface area contributed by atoms with Crippen molar-refractivity contribution >= 4 is 16.8 Å². The van der Waals surface area contributed by atoms with Gasteiger partial charge in [-0.1, -0.05) is 42.5 Å². The monoisotopic (exact) mass is 421 g/mol. The molecule has 0 saturated carbocycles. The van der Waals surface area contributed by atoms with E-state index in [1.54, 1.807) is 0 Å². The van der Waals surface area contributed by atoms with E-state index in [-0.39, 0.29) is 5.91 Å². The Morgan fingerprint density at radius 2 is 1.91 bits per heavy atom. The van der Waals surface area contributed by atoms with Crippen molar-refractivity contribution in [3.63, 3.8) is 0 Å². The maximum atomic E-state index is 12.6. The van der Waals surface area contributed by atoms with Crippen molar-refractivity contribution < 1.29 is 9.53 Å². The molecule has 0 spiro atoms. The largest absolute Gasteiger partial charge is 0.456 e. The fraction of sp³-hybridized carbons (Fsp3) is 0.0800. The molecule has 2 aromatic heterocycles. The van der Waals surface area contributed by atoms with Crippen LogP contribution in [0.1, 0.15) is 27.3 Å². The lowest BCUT2D eigenvalue weighted by molar-refractivity contribution is 0.0947. The molecule has 5 aromatic rings. The molecule has 3 heterocycles. The summed E-state index contributed by atoms with van der Waals surface area (Å²) in [7, 11) is 0. The number of nitrogens with zero attached hydrogens (tertiary/aromatic N) is 2. The number of rotatable bonds is 5. The third kappa shape index (κ3) is 3.20. The van der Waals surface area contributed by atoms with Crippen molar-refractivity contribution in [3.8, 4) is 22.9 Å². The number of benzene rings is 3. The van der Waals surface area contributed by atoms with Gasteiger partial charge in [0.05, 0.1) is 5.56 Å². The first kappa shape index (κ1) is 18.4. The van der Waals surface area contributed by atoms with Gasteiger partial charge in [-0.15, -0.1) is 0 Å². The molecule has 32 heavy (non-hydrogen) atoms. The van der Waals surface area contributed by atoms with Crippen LogP contribution in [0.25, 0.3) is 22.3 Å². The number of carbonyl (C=O) groups excluding carboxylic acids is 1. The van der Waals surface area contributed by atoms with Crippen LogP contribution >= 0.6 is 0 Å². The van der Waals surface area contributed by atoms with Crippen LogP contribution in [0.4, 0.5) is 0 Å². The van der Waals surface area contributed by atoms with Crippen LogP contribution in [-0.2, 0) is 13.0 Å². The van der Waals surface area contributed by atoms with E-state index in [4.69, 9.17) is 4.74 Å². The molecule has 0 bridgehead atoms. The maximum absolute atomic E-state index is 12.6. The van der Waals surface area contributed by atoms with Gasteiger partial charge in [-0.05, 0) is 35.4 Å². The molecule has 6 rings (SSSR count). The molecule has 0 radical (unpaired) electrons. The number of H-pyrrole nitrogens is 2. The van der Waals surface area contributed by atoms with Crippen LogP contribution in [0.2, 0.25) is 0 Å². The van der Waals surface area contributed by atoms with Crippen LogP contribution in [-0.4, -0.2) is 26.1 Å². The highest BCUT2D eigenvalue weighted by atomic mass is 16.5. The number of hydrogen-bond acceptors (Lipinski definition) is 4. The highest BCUT2D eigenvalue weighted by Crippen LogP contribution is 2.36. The summed E-state index contributed by atoms with van der Waals surface area (Å²) in [6.07, 6.45) is 2.61. The number of ether oxygens (including phenoxy) is 1. The normalized spacial score (nSPS) is 12.7. The van der Waals surface area contributed by atoms with Gasteiger partial charge in [0.25, 0.3) is 5.91 Å². The summed E-state index contributed by atoms with van der Waals surface area (Å²) in [6.45, 7) is 0.515. The Morgan fingerprint density at radius 1 is 1.00 bits per heavy atom. The summed E-state index contributed by atoms with van der Waals surface area (Å²) in [5.74, 6) is 2.40. The molecule has 156 valence electrons. The Labute approximate surface area is 183 Å². The lowest BCUT2D eigenvalue weighted by Gasteiger charge is -2.17. The standard InChI is InChI=1S/C25H19N5O2/c31-25-23-20(10-9-19-22(23)17(13-26-19)14-27-25)32-18-8-4-7-16(12-18)24-28-21(29-30-24)11-15-5-2-1-3-6-15/h1-10,12-13,26H,11,14H2,(H,27,31)(H,28,29,30). The van der Waals surface area contributed by atoms with E-state index in [1.165, 1.54) is 5.56 Å². The maximum Gasteiger partial charge on any atom is 0.256 e. The van der Waals surface area contributed by atoms with E-state index in [0.717, 1.165) is 27.9 Å². The lowest BCUT2D eigenvalue weighted by atomic mass is 10.0. The highest BCUT2D eigenvalue weighted by Gasteiger charge is 2.24. The predicted octanol–water partition coefficient (Wildman–Crippen LogP) is 4.58. The average molecular weight is 421 g/mol. The van der Waals surface area contributed by atoms with Crippen LogP contribution in [0.5, 0.6) is 11.5 Å². The zero-order chi connectivity index (χ0) is 21.5. The van der Waals surface area contributed by atoms with Gasteiger partial charge < -0.3 is 15.0 Å². The molecular formula is C25H19N5O2. The molecule has 1 aliphatic rings. The molecule has 0 unspecified atom stereocenters. The molecule has 1 amide bonds. The van der Waals surface area contributed by atoms with Crippen molar-refractivity contribution in [2.45, 2.75) is 13.0 Å². The third-order valence-corrected chi connectivity index (χ3v) is 5.62. The van der Waals surface area contributed by atoms with Crippen LogP contribution in [0, 0.1) is 0 Å². The second kappa shape index (κ2) is 7.39. The number of nitrogens with one attached hydrogen (secondary N) is 3. The van der Waals surface area contributed by atoms with Gasteiger partial charge in [0.15, 0.2) is 5.82 Å². The molecule has 0 aliphatic carbocycles. The Kier molecular flexibility index (Phi) is 4.24. The number of amides is 1. The van der Waals surface area contributed by atoms with Crippen LogP contribution in [0.15, 0.2) is 72.9 Å². The number of aromatic amines is 2. The lowest BCUT2D eigenvalue weighted by Crippen LogP contribution is -2.27. The second-order valence-electron chi connectivity index (χ2n) is 7.76. The first-order chi connectivity index (χ1) is 15.7. The number of carbonyl (C=O) groups is 1.